The van der Waals surface area contributed by atoms with Crippen molar-refractivity contribution in [1.82, 2.24) is 10.2 Å². The van der Waals surface area contributed by atoms with Crippen LogP contribution in [0.3, 0.4) is 0 Å². The summed E-state index contributed by atoms with van der Waals surface area (Å²) in [7, 11) is 0. The van der Waals surface area contributed by atoms with Gasteiger partial charge in [0, 0.05) is 30.3 Å². The number of rotatable bonds is 4. The third-order valence-corrected chi connectivity index (χ3v) is 7.44. The minimum Gasteiger partial charge on any atom is -0.370 e. The molecule has 0 aromatic carbocycles. The average molecular weight is 406 g/mol. The first kappa shape index (κ1) is 19.4. The summed E-state index contributed by atoms with van der Waals surface area (Å²) >= 11 is 1.47. The molecule has 1 aliphatic carbocycles. The van der Waals surface area contributed by atoms with Gasteiger partial charge in [-0.15, -0.1) is 11.3 Å². The van der Waals surface area contributed by atoms with E-state index in [1.54, 1.807) is 0 Å². The van der Waals surface area contributed by atoms with E-state index in [1.165, 1.54) is 16.2 Å². The van der Waals surface area contributed by atoms with Crippen LogP contribution in [-0.2, 0) is 26.3 Å². The van der Waals surface area contributed by atoms with E-state index >= 15 is 0 Å². The monoisotopic (exact) mass is 405 g/mol. The van der Waals surface area contributed by atoms with Gasteiger partial charge in [0.05, 0.1) is 23.6 Å². The first-order valence-electron chi connectivity index (χ1n) is 10.1. The van der Waals surface area contributed by atoms with Crippen molar-refractivity contribution in [2.75, 3.05) is 26.2 Å². The maximum Gasteiger partial charge on any atom is 0.261 e. The van der Waals surface area contributed by atoms with Gasteiger partial charge in [-0.3, -0.25) is 14.4 Å². The summed E-state index contributed by atoms with van der Waals surface area (Å²) in [6, 6.07) is 1.91. The van der Waals surface area contributed by atoms with E-state index in [0.29, 0.717) is 30.5 Å². The molecular weight excluding hydrogens is 378 g/mol. The van der Waals surface area contributed by atoms with Gasteiger partial charge >= 0.3 is 0 Å². The molecule has 152 valence electrons. The number of amides is 3. The number of thiophene rings is 1. The molecule has 3 amide bonds. The number of nitrogens with one attached hydrogen (secondary N) is 1. The van der Waals surface area contributed by atoms with Crippen LogP contribution in [0.4, 0.5) is 0 Å². The summed E-state index contributed by atoms with van der Waals surface area (Å²) in [6.07, 6.45) is 6.68. The van der Waals surface area contributed by atoms with Crippen LogP contribution in [0.1, 0.15) is 58.6 Å². The van der Waals surface area contributed by atoms with Crippen molar-refractivity contribution in [1.29, 1.82) is 0 Å². The highest BCUT2D eigenvalue weighted by atomic mass is 32.1. The lowest BCUT2D eigenvalue weighted by Gasteiger charge is -2.44. The average Bonchev–Trinajstić information content (AvgIpc) is 3.37. The van der Waals surface area contributed by atoms with Crippen LogP contribution in [0.5, 0.6) is 0 Å². The molecule has 1 spiro atoms. The number of piperidine rings is 1. The number of hydrogen-bond donors (Lipinski definition) is 2. The molecule has 3 aliphatic rings. The van der Waals surface area contributed by atoms with Crippen LogP contribution >= 0.6 is 11.3 Å². The summed E-state index contributed by atoms with van der Waals surface area (Å²) in [6.45, 7) is 1.87. The van der Waals surface area contributed by atoms with E-state index in [1.807, 2.05) is 11.0 Å². The Balaban J connectivity index is 1.46. The zero-order valence-corrected chi connectivity index (χ0v) is 16.8. The van der Waals surface area contributed by atoms with Crippen LogP contribution in [0.15, 0.2) is 6.07 Å². The predicted molar refractivity (Wildman–Crippen MR) is 105 cm³/mol. The Labute approximate surface area is 168 Å². The van der Waals surface area contributed by atoms with Gasteiger partial charge in [0.2, 0.25) is 11.8 Å². The van der Waals surface area contributed by atoms with E-state index < -0.39 is 11.5 Å². The van der Waals surface area contributed by atoms with Crippen LogP contribution in [0.25, 0.3) is 0 Å². The number of likely N-dealkylation sites (tertiary alicyclic amines) is 1. The number of primary amides is 1. The van der Waals surface area contributed by atoms with Crippen molar-refractivity contribution in [3.05, 3.63) is 21.4 Å². The Hall–Kier alpha value is -1.93. The summed E-state index contributed by atoms with van der Waals surface area (Å²) in [5.41, 5.74) is 5.79. The lowest BCUT2D eigenvalue weighted by molar-refractivity contribution is -0.144. The molecule has 0 atom stereocenters. The lowest BCUT2D eigenvalue weighted by atomic mass is 9.82. The van der Waals surface area contributed by atoms with Gasteiger partial charge in [0.25, 0.3) is 5.91 Å². The molecule has 28 heavy (non-hydrogen) atoms. The maximum atomic E-state index is 12.7. The van der Waals surface area contributed by atoms with Gasteiger partial charge < -0.3 is 20.7 Å². The molecule has 3 heterocycles. The smallest absolute Gasteiger partial charge is 0.261 e. The van der Waals surface area contributed by atoms with E-state index in [-0.39, 0.29) is 18.4 Å². The number of ether oxygens (including phenoxy) is 1. The lowest BCUT2D eigenvalue weighted by Crippen LogP contribution is -2.49. The third-order valence-electron chi connectivity index (χ3n) is 6.24. The second-order valence-corrected chi connectivity index (χ2v) is 9.13. The standard InChI is InChI=1S/C20H27N3O4S/c21-17(24)12-22-18(25)16-11-14-15(28-16)5-10-27-20(14)6-8-23(9-7-20)19(26)13-3-1-2-4-13/h11,13H,1-10,12H2,(H2,21,24)(H,22,25). The summed E-state index contributed by atoms with van der Waals surface area (Å²) in [5.74, 6) is -0.324. The molecular formula is C20H27N3O4S. The summed E-state index contributed by atoms with van der Waals surface area (Å²) in [4.78, 5) is 39.7. The molecule has 4 rings (SSSR count). The van der Waals surface area contributed by atoms with Gasteiger partial charge in [0.1, 0.15) is 0 Å². The Kier molecular flexibility index (Phi) is 5.42. The first-order valence-corrected chi connectivity index (χ1v) is 10.9. The Morgan fingerprint density at radius 2 is 1.96 bits per heavy atom. The fourth-order valence-corrected chi connectivity index (χ4v) is 5.86. The van der Waals surface area contributed by atoms with Crippen molar-refractivity contribution in [2.45, 2.75) is 50.5 Å². The minimum absolute atomic E-state index is 0.165. The van der Waals surface area contributed by atoms with Crippen LogP contribution in [0.2, 0.25) is 0 Å². The Morgan fingerprint density at radius 1 is 1.25 bits per heavy atom. The number of nitrogens with two attached hydrogens (primary N) is 1. The molecule has 8 heteroatoms. The molecule has 2 aliphatic heterocycles. The summed E-state index contributed by atoms with van der Waals surface area (Å²) in [5, 5.41) is 2.56. The molecule has 2 fully saturated rings. The fourth-order valence-electron chi connectivity index (χ4n) is 4.72. The quantitative estimate of drug-likeness (QED) is 0.793. The molecule has 0 unspecified atom stereocenters. The van der Waals surface area contributed by atoms with E-state index in [0.717, 1.165) is 50.5 Å². The van der Waals surface area contributed by atoms with Crippen molar-refractivity contribution < 1.29 is 19.1 Å². The van der Waals surface area contributed by atoms with E-state index in [4.69, 9.17) is 10.5 Å². The topological polar surface area (TPSA) is 102 Å². The second-order valence-electron chi connectivity index (χ2n) is 8.00. The first-order chi connectivity index (χ1) is 13.5. The maximum absolute atomic E-state index is 12.7. The zero-order chi connectivity index (χ0) is 19.7. The minimum atomic E-state index is -0.561. The number of fused-ring (bicyclic) bond motifs is 2. The van der Waals surface area contributed by atoms with Crippen molar-refractivity contribution in [2.24, 2.45) is 11.7 Å². The number of hydrogen-bond acceptors (Lipinski definition) is 5. The third kappa shape index (κ3) is 3.67. The van der Waals surface area contributed by atoms with Crippen molar-refractivity contribution in [3.8, 4) is 0 Å². The molecule has 7 nitrogen and oxygen atoms in total. The van der Waals surface area contributed by atoms with Gasteiger partial charge in [-0.25, -0.2) is 0 Å². The van der Waals surface area contributed by atoms with E-state index in [2.05, 4.69) is 5.32 Å². The van der Waals surface area contributed by atoms with Crippen LogP contribution < -0.4 is 11.1 Å². The number of carbonyl (C=O) groups excluding carboxylic acids is 3. The van der Waals surface area contributed by atoms with Gasteiger partial charge in [-0.05, 0) is 37.3 Å². The highest BCUT2D eigenvalue weighted by Crippen LogP contribution is 2.45. The SMILES string of the molecule is NC(=O)CNC(=O)c1cc2c(s1)CCOC21CCN(C(=O)C2CCCC2)CC1. The Bertz CT molecular complexity index is 776. The largest absolute Gasteiger partial charge is 0.370 e. The van der Waals surface area contributed by atoms with Crippen molar-refractivity contribution >= 4 is 29.1 Å². The molecule has 0 radical (unpaired) electrons. The molecule has 1 aromatic heterocycles. The molecule has 1 saturated heterocycles. The zero-order valence-electron chi connectivity index (χ0n) is 16.0. The Morgan fingerprint density at radius 3 is 2.64 bits per heavy atom. The fraction of sp³-hybridized carbons (Fsp3) is 0.650. The number of nitrogens with zero attached hydrogens (tertiary/aromatic N) is 1. The molecule has 3 N–H and O–H groups in total. The highest BCUT2D eigenvalue weighted by Gasteiger charge is 2.43. The van der Waals surface area contributed by atoms with Crippen LogP contribution in [0, 0.1) is 5.92 Å². The van der Waals surface area contributed by atoms with Gasteiger partial charge in [-0.1, -0.05) is 12.8 Å². The van der Waals surface area contributed by atoms with Gasteiger partial charge in [-0.2, -0.15) is 0 Å². The second kappa shape index (κ2) is 7.83. The molecule has 1 saturated carbocycles. The van der Waals surface area contributed by atoms with Crippen LogP contribution in [-0.4, -0.2) is 48.9 Å². The number of carbonyl (C=O) groups is 3. The predicted octanol–water partition coefficient (Wildman–Crippen LogP) is 1.54. The molecule has 1 aromatic rings. The normalized spacial score (nSPS) is 21.5. The molecule has 0 bridgehead atoms. The summed E-state index contributed by atoms with van der Waals surface area (Å²) < 4.78 is 6.24. The highest BCUT2D eigenvalue weighted by molar-refractivity contribution is 7.14. The van der Waals surface area contributed by atoms with Gasteiger partial charge in [0.15, 0.2) is 0 Å². The van der Waals surface area contributed by atoms with E-state index in [9.17, 15) is 14.4 Å². The van der Waals surface area contributed by atoms with Crippen molar-refractivity contribution in [3.63, 3.8) is 0 Å².